The van der Waals surface area contributed by atoms with E-state index in [0.29, 0.717) is 35.1 Å². The van der Waals surface area contributed by atoms with Crippen LogP contribution in [0.2, 0.25) is 0 Å². The van der Waals surface area contributed by atoms with E-state index in [-0.39, 0.29) is 6.10 Å². The van der Waals surface area contributed by atoms with Crippen LogP contribution in [0.1, 0.15) is 11.5 Å². The molecule has 2 aliphatic rings. The van der Waals surface area contributed by atoms with Crippen molar-refractivity contribution < 1.29 is 13.9 Å². The highest BCUT2D eigenvalue weighted by Crippen LogP contribution is 2.39. The Bertz CT molecular complexity index is 1380. The molecular weight excluding hydrogens is 418 g/mol. The number of ether oxygens (including phenoxy) is 2. The molecule has 6 rings (SSSR count). The van der Waals surface area contributed by atoms with E-state index in [9.17, 15) is 0 Å². The number of hydrogen-bond donors (Lipinski definition) is 0. The molecule has 0 amide bonds. The molecule has 1 unspecified atom stereocenters. The lowest BCUT2D eigenvalue weighted by Crippen LogP contribution is -2.50. The van der Waals surface area contributed by atoms with Crippen molar-refractivity contribution in [3.05, 3.63) is 53.9 Å². The molecule has 0 bridgehead atoms. The molecule has 2 aliphatic heterocycles. The number of aryl methyl sites for hydroxylation is 1. The standard InChI is InChI=1S/C25H23N5O3/c1-16-27-21-5-6-22-25(24(21)32-16)33-19(15-31-22)14-29-8-10-30(11-9-29)23-7-3-18-12-17(13-26)2-4-20(18)28-23/h2-7,12,19H,8-11,14-15H2,1H3. The van der Waals surface area contributed by atoms with Gasteiger partial charge in [-0.1, -0.05) is 0 Å². The average molecular weight is 441 g/mol. The molecule has 0 saturated carbocycles. The number of nitriles is 1. The molecule has 2 aromatic carbocycles. The molecule has 0 spiro atoms. The van der Waals surface area contributed by atoms with Crippen LogP contribution in [-0.4, -0.2) is 60.3 Å². The van der Waals surface area contributed by atoms with Crippen LogP contribution < -0.4 is 14.4 Å². The van der Waals surface area contributed by atoms with Crippen molar-refractivity contribution in [2.24, 2.45) is 0 Å². The van der Waals surface area contributed by atoms with Gasteiger partial charge in [0.2, 0.25) is 11.3 Å². The molecule has 1 fully saturated rings. The molecular formula is C25H23N5O3. The predicted octanol–water partition coefficient (Wildman–Crippen LogP) is 3.52. The summed E-state index contributed by atoms with van der Waals surface area (Å²) in [6.07, 6.45) is -0.0619. The van der Waals surface area contributed by atoms with Crippen LogP contribution >= 0.6 is 0 Å². The van der Waals surface area contributed by atoms with Gasteiger partial charge in [-0.05, 0) is 42.5 Å². The van der Waals surface area contributed by atoms with Gasteiger partial charge in [-0.15, -0.1) is 0 Å². The number of pyridine rings is 1. The first-order chi connectivity index (χ1) is 16.2. The Morgan fingerprint density at radius 3 is 2.73 bits per heavy atom. The molecule has 0 N–H and O–H groups in total. The van der Waals surface area contributed by atoms with Gasteiger partial charge in [-0.3, -0.25) is 4.90 Å². The van der Waals surface area contributed by atoms with E-state index in [1.807, 2.05) is 49.4 Å². The third-order valence-corrected chi connectivity index (χ3v) is 6.25. The van der Waals surface area contributed by atoms with Crippen LogP contribution in [0.15, 0.2) is 46.9 Å². The van der Waals surface area contributed by atoms with Gasteiger partial charge in [0.25, 0.3) is 0 Å². The first-order valence-electron chi connectivity index (χ1n) is 11.1. The lowest BCUT2D eigenvalue weighted by atomic mass is 10.1. The van der Waals surface area contributed by atoms with E-state index >= 15 is 0 Å². The second-order valence-corrected chi connectivity index (χ2v) is 8.50. The molecule has 33 heavy (non-hydrogen) atoms. The fourth-order valence-corrected chi connectivity index (χ4v) is 4.57. The van der Waals surface area contributed by atoms with Crippen LogP contribution in [0, 0.1) is 18.3 Å². The van der Waals surface area contributed by atoms with E-state index in [2.05, 4.69) is 20.9 Å². The maximum Gasteiger partial charge on any atom is 0.207 e. The van der Waals surface area contributed by atoms with Gasteiger partial charge >= 0.3 is 0 Å². The summed E-state index contributed by atoms with van der Waals surface area (Å²) in [6.45, 7) is 6.77. The second kappa shape index (κ2) is 7.94. The predicted molar refractivity (Wildman–Crippen MR) is 124 cm³/mol. The van der Waals surface area contributed by atoms with Crippen molar-refractivity contribution in [2.45, 2.75) is 13.0 Å². The number of nitrogens with zero attached hydrogens (tertiary/aromatic N) is 5. The Balaban J connectivity index is 1.10. The Morgan fingerprint density at radius 1 is 1.03 bits per heavy atom. The highest BCUT2D eigenvalue weighted by atomic mass is 16.6. The number of benzene rings is 2. The van der Waals surface area contributed by atoms with Gasteiger partial charge in [-0.25, -0.2) is 9.97 Å². The molecule has 1 atom stereocenters. The number of oxazole rings is 1. The highest BCUT2D eigenvalue weighted by molar-refractivity contribution is 5.83. The van der Waals surface area contributed by atoms with Crippen LogP contribution in [0.25, 0.3) is 22.0 Å². The summed E-state index contributed by atoms with van der Waals surface area (Å²) in [6, 6.07) is 15.7. The van der Waals surface area contributed by atoms with Crippen molar-refractivity contribution in [1.29, 1.82) is 5.26 Å². The molecule has 166 valence electrons. The summed E-state index contributed by atoms with van der Waals surface area (Å²) in [4.78, 5) is 13.9. The van der Waals surface area contributed by atoms with E-state index in [4.69, 9.17) is 24.1 Å². The Labute approximate surface area is 190 Å². The largest absolute Gasteiger partial charge is 0.486 e. The lowest BCUT2D eigenvalue weighted by Gasteiger charge is -2.37. The summed E-state index contributed by atoms with van der Waals surface area (Å²) >= 11 is 0. The Kier molecular flexibility index (Phi) is 4.77. The van der Waals surface area contributed by atoms with Crippen molar-refractivity contribution in [3.8, 4) is 17.6 Å². The fraction of sp³-hybridized carbons (Fsp3) is 0.320. The van der Waals surface area contributed by atoms with E-state index in [1.165, 1.54) is 0 Å². The van der Waals surface area contributed by atoms with Gasteiger partial charge < -0.3 is 18.8 Å². The van der Waals surface area contributed by atoms with Gasteiger partial charge in [-0.2, -0.15) is 5.26 Å². The molecule has 1 saturated heterocycles. The molecule has 4 aromatic rings. The molecule has 2 aromatic heterocycles. The minimum atomic E-state index is -0.0619. The maximum absolute atomic E-state index is 9.09. The fourth-order valence-electron chi connectivity index (χ4n) is 4.57. The summed E-state index contributed by atoms with van der Waals surface area (Å²) in [5, 5.41) is 10.1. The topological polar surface area (TPSA) is 87.7 Å². The van der Waals surface area contributed by atoms with E-state index < -0.39 is 0 Å². The zero-order valence-corrected chi connectivity index (χ0v) is 18.3. The zero-order valence-electron chi connectivity index (χ0n) is 18.3. The van der Waals surface area contributed by atoms with Crippen LogP contribution in [0.5, 0.6) is 11.5 Å². The number of hydrogen-bond acceptors (Lipinski definition) is 8. The smallest absolute Gasteiger partial charge is 0.207 e. The monoisotopic (exact) mass is 441 g/mol. The van der Waals surface area contributed by atoms with Crippen LogP contribution in [-0.2, 0) is 0 Å². The Morgan fingerprint density at radius 2 is 1.88 bits per heavy atom. The minimum Gasteiger partial charge on any atom is -0.486 e. The van der Waals surface area contributed by atoms with E-state index in [0.717, 1.165) is 55.0 Å². The van der Waals surface area contributed by atoms with Gasteiger partial charge in [0.05, 0.1) is 17.1 Å². The van der Waals surface area contributed by atoms with E-state index in [1.54, 1.807) is 0 Å². The first kappa shape index (κ1) is 19.8. The van der Waals surface area contributed by atoms with Crippen molar-refractivity contribution in [3.63, 3.8) is 0 Å². The van der Waals surface area contributed by atoms with Crippen LogP contribution in [0.4, 0.5) is 5.82 Å². The Hall–Kier alpha value is -3.83. The molecule has 0 radical (unpaired) electrons. The third kappa shape index (κ3) is 3.70. The summed E-state index contributed by atoms with van der Waals surface area (Å²) < 4.78 is 18.0. The third-order valence-electron chi connectivity index (χ3n) is 6.25. The van der Waals surface area contributed by atoms with Crippen molar-refractivity contribution in [2.75, 3.05) is 44.2 Å². The second-order valence-electron chi connectivity index (χ2n) is 8.50. The van der Waals surface area contributed by atoms with Crippen LogP contribution in [0.3, 0.4) is 0 Å². The molecule has 0 aliphatic carbocycles. The summed E-state index contributed by atoms with van der Waals surface area (Å²) in [7, 11) is 0. The number of fused-ring (bicyclic) bond motifs is 4. The minimum absolute atomic E-state index is 0.0619. The summed E-state index contributed by atoms with van der Waals surface area (Å²) in [5.74, 6) is 2.96. The average Bonchev–Trinajstić information content (AvgIpc) is 3.24. The highest BCUT2D eigenvalue weighted by Gasteiger charge is 2.28. The van der Waals surface area contributed by atoms with Gasteiger partial charge in [0.15, 0.2) is 11.6 Å². The molecule has 8 nitrogen and oxygen atoms in total. The SMILES string of the molecule is Cc1nc2ccc3c(c2o1)OC(CN1CCN(c2ccc4cc(C#N)ccc4n2)CC1)CO3. The summed E-state index contributed by atoms with van der Waals surface area (Å²) in [5.41, 5.74) is 3.01. The normalized spacial score (nSPS) is 18.5. The number of aromatic nitrogens is 2. The molecule has 8 heteroatoms. The quantitative estimate of drug-likeness (QED) is 0.477. The van der Waals surface area contributed by atoms with Gasteiger partial charge in [0, 0.05) is 45.0 Å². The zero-order chi connectivity index (χ0) is 22.4. The van der Waals surface area contributed by atoms with Crippen molar-refractivity contribution in [1.82, 2.24) is 14.9 Å². The lowest BCUT2D eigenvalue weighted by molar-refractivity contribution is 0.0576. The number of rotatable bonds is 3. The molecule has 4 heterocycles. The van der Waals surface area contributed by atoms with Crippen molar-refractivity contribution >= 4 is 27.8 Å². The number of anilines is 1. The first-order valence-corrected chi connectivity index (χ1v) is 11.1. The maximum atomic E-state index is 9.09. The van der Waals surface area contributed by atoms with Gasteiger partial charge in [0.1, 0.15) is 24.0 Å². The number of piperazine rings is 1.